The Morgan fingerprint density at radius 2 is 1.90 bits per heavy atom. The number of carbonyl (C=O) groups is 1. The van der Waals surface area contributed by atoms with Crippen LogP contribution in [0.2, 0.25) is 0 Å². The zero-order valence-electron chi connectivity index (χ0n) is 11.1. The second-order valence-corrected chi connectivity index (χ2v) is 4.24. The van der Waals surface area contributed by atoms with E-state index in [9.17, 15) is 18.0 Å². The molecule has 0 aromatic heterocycles. The number of alkyl halides is 3. The van der Waals surface area contributed by atoms with Crippen LogP contribution in [0.5, 0.6) is 5.75 Å². The molecule has 0 radical (unpaired) electrons. The van der Waals surface area contributed by atoms with E-state index in [-0.39, 0.29) is 19.5 Å². The lowest BCUT2D eigenvalue weighted by Crippen LogP contribution is -2.42. The lowest BCUT2D eigenvalue weighted by molar-refractivity contribution is -0.160. The minimum atomic E-state index is -4.43. The summed E-state index contributed by atoms with van der Waals surface area (Å²) in [6, 6.07) is 6.59. The summed E-state index contributed by atoms with van der Waals surface area (Å²) in [7, 11) is 1.51. The van der Waals surface area contributed by atoms with Gasteiger partial charge in [0.25, 0.3) is 0 Å². The van der Waals surface area contributed by atoms with E-state index >= 15 is 0 Å². The molecular formula is C13H17F3N2O2. The van der Waals surface area contributed by atoms with Crippen molar-refractivity contribution in [3.05, 3.63) is 29.8 Å². The van der Waals surface area contributed by atoms with Crippen LogP contribution in [0, 0.1) is 0 Å². The summed E-state index contributed by atoms with van der Waals surface area (Å²) in [6.45, 7) is -1.40. The van der Waals surface area contributed by atoms with Crippen LogP contribution in [-0.4, -0.2) is 43.7 Å². The smallest absolute Gasteiger partial charge is 0.406 e. The highest BCUT2D eigenvalue weighted by molar-refractivity contribution is 5.78. The number of amides is 1. The largest absolute Gasteiger partial charge is 0.497 e. The van der Waals surface area contributed by atoms with Gasteiger partial charge in [-0.15, -0.1) is 0 Å². The summed E-state index contributed by atoms with van der Waals surface area (Å²) < 4.78 is 42.1. The van der Waals surface area contributed by atoms with Crippen LogP contribution in [0.1, 0.15) is 5.56 Å². The number of hydrogen-bond donors (Lipinski definition) is 1. The second kappa shape index (κ2) is 7.14. The van der Waals surface area contributed by atoms with Gasteiger partial charge in [0.2, 0.25) is 5.91 Å². The number of ether oxygens (including phenoxy) is 1. The van der Waals surface area contributed by atoms with Gasteiger partial charge in [0.1, 0.15) is 12.3 Å². The summed E-state index contributed by atoms with van der Waals surface area (Å²) in [5.74, 6) is 0.0215. The molecule has 0 unspecified atom stereocenters. The number of rotatable bonds is 6. The van der Waals surface area contributed by atoms with Crippen LogP contribution in [0.3, 0.4) is 0 Å². The summed E-state index contributed by atoms with van der Waals surface area (Å²) in [6.07, 6.45) is -4.52. The molecule has 0 aliphatic rings. The predicted octanol–water partition coefficient (Wildman–Crippen LogP) is 1.59. The second-order valence-electron chi connectivity index (χ2n) is 4.24. The molecule has 0 aliphatic carbocycles. The lowest BCUT2D eigenvalue weighted by atomic mass is 10.1. The maximum Gasteiger partial charge on any atom is 0.406 e. The third-order valence-corrected chi connectivity index (χ3v) is 2.64. The Kier molecular flexibility index (Phi) is 5.82. The van der Waals surface area contributed by atoms with E-state index in [1.54, 1.807) is 24.3 Å². The zero-order valence-corrected chi connectivity index (χ0v) is 11.1. The number of carbonyl (C=O) groups excluding carboxylic acids is 1. The molecule has 0 saturated carbocycles. The molecule has 1 aromatic carbocycles. The van der Waals surface area contributed by atoms with E-state index in [2.05, 4.69) is 0 Å². The van der Waals surface area contributed by atoms with Gasteiger partial charge in [-0.3, -0.25) is 4.79 Å². The third-order valence-electron chi connectivity index (χ3n) is 2.64. The normalized spacial score (nSPS) is 11.2. The first-order chi connectivity index (χ1) is 9.35. The van der Waals surface area contributed by atoms with Crippen molar-refractivity contribution in [3.8, 4) is 5.75 Å². The van der Waals surface area contributed by atoms with Gasteiger partial charge in [-0.05, 0) is 17.7 Å². The lowest BCUT2D eigenvalue weighted by Gasteiger charge is -2.23. The van der Waals surface area contributed by atoms with Crippen molar-refractivity contribution in [1.82, 2.24) is 4.90 Å². The number of benzene rings is 1. The van der Waals surface area contributed by atoms with Gasteiger partial charge in [0.05, 0.1) is 13.5 Å². The van der Waals surface area contributed by atoms with Crippen molar-refractivity contribution < 1.29 is 22.7 Å². The average molecular weight is 290 g/mol. The minimum Gasteiger partial charge on any atom is -0.497 e. The summed E-state index contributed by atoms with van der Waals surface area (Å²) >= 11 is 0. The molecule has 112 valence electrons. The van der Waals surface area contributed by atoms with Gasteiger partial charge < -0.3 is 15.4 Å². The fourth-order valence-electron chi connectivity index (χ4n) is 1.69. The molecule has 0 bridgehead atoms. The molecule has 7 heteroatoms. The van der Waals surface area contributed by atoms with Gasteiger partial charge in [-0.25, -0.2) is 0 Å². The number of methoxy groups -OCH3 is 1. The SMILES string of the molecule is COc1ccc(CC(=O)N(CCN)CC(F)(F)F)cc1. The molecule has 20 heavy (non-hydrogen) atoms. The quantitative estimate of drug-likeness (QED) is 0.865. The van der Waals surface area contributed by atoms with Gasteiger partial charge in [0.15, 0.2) is 0 Å². The van der Waals surface area contributed by atoms with Crippen LogP contribution in [0.4, 0.5) is 13.2 Å². The summed E-state index contributed by atoms with van der Waals surface area (Å²) in [5.41, 5.74) is 5.86. The van der Waals surface area contributed by atoms with Crippen molar-refractivity contribution in [2.45, 2.75) is 12.6 Å². The zero-order chi connectivity index (χ0) is 15.2. The molecule has 0 spiro atoms. The number of nitrogens with zero attached hydrogens (tertiary/aromatic N) is 1. The van der Waals surface area contributed by atoms with Gasteiger partial charge in [0, 0.05) is 13.1 Å². The van der Waals surface area contributed by atoms with E-state index in [1.807, 2.05) is 0 Å². The third kappa shape index (κ3) is 5.48. The van der Waals surface area contributed by atoms with Crippen LogP contribution in [0.25, 0.3) is 0 Å². The first kappa shape index (κ1) is 16.3. The minimum absolute atomic E-state index is 0.00949. The number of halogens is 3. The Bertz CT molecular complexity index is 432. The highest BCUT2D eigenvalue weighted by atomic mass is 19.4. The summed E-state index contributed by atoms with van der Waals surface area (Å²) in [4.78, 5) is 12.6. The molecule has 4 nitrogen and oxygen atoms in total. The van der Waals surface area contributed by atoms with Gasteiger partial charge in [-0.1, -0.05) is 12.1 Å². The van der Waals surface area contributed by atoms with E-state index in [4.69, 9.17) is 10.5 Å². The predicted molar refractivity (Wildman–Crippen MR) is 68.4 cm³/mol. The van der Waals surface area contributed by atoms with E-state index in [1.165, 1.54) is 7.11 Å². The summed E-state index contributed by atoms with van der Waals surface area (Å²) in [5, 5.41) is 0. The van der Waals surface area contributed by atoms with Gasteiger partial charge in [-0.2, -0.15) is 13.2 Å². The van der Waals surface area contributed by atoms with Crippen molar-refractivity contribution in [2.75, 3.05) is 26.7 Å². The maximum atomic E-state index is 12.4. The van der Waals surface area contributed by atoms with Crippen LogP contribution >= 0.6 is 0 Å². The van der Waals surface area contributed by atoms with E-state index in [0.717, 1.165) is 4.90 Å². The fraction of sp³-hybridized carbons (Fsp3) is 0.462. The first-order valence-electron chi connectivity index (χ1n) is 6.03. The molecule has 0 aliphatic heterocycles. The number of nitrogens with two attached hydrogens (primary N) is 1. The Balaban J connectivity index is 2.69. The highest BCUT2D eigenvalue weighted by Crippen LogP contribution is 2.17. The molecule has 0 fully saturated rings. The fourth-order valence-corrected chi connectivity index (χ4v) is 1.69. The van der Waals surface area contributed by atoms with E-state index < -0.39 is 18.6 Å². The maximum absolute atomic E-state index is 12.4. The standard InChI is InChI=1S/C13H17F3N2O2/c1-20-11-4-2-10(3-5-11)8-12(19)18(7-6-17)9-13(14,15)16/h2-5H,6-9,17H2,1H3. The molecule has 2 N–H and O–H groups in total. The van der Waals surface area contributed by atoms with Crippen molar-refractivity contribution in [1.29, 1.82) is 0 Å². The molecule has 1 amide bonds. The monoisotopic (exact) mass is 290 g/mol. The Morgan fingerprint density at radius 1 is 1.30 bits per heavy atom. The molecule has 1 aromatic rings. The van der Waals surface area contributed by atoms with Crippen molar-refractivity contribution in [3.63, 3.8) is 0 Å². The van der Waals surface area contributed by atoms with Crippen molar-refractivity contribution >= 4 is 5.91 Å². The highest BCUT2D eigenvalue weighted by Gasteiger charge is 2.32. The van der Waals surface area contributed by atoms with Crippen LogP contribution in [0.15, 0.2) is 24.3 Å². The average Bonchev–Trinajstić information content (AvgIpc) is 2.37. The molecule has 0 heterocycles. The van der Waals surface area contributed by atoms with Crippen LogP contribution < -0.4 is 10.5 Å². The topological polar surface area (TPSA) is 55.6 Å². The molecule has 1 rings (SSSR count). The van der Waals surface area contributed by atoms with E-state index in [0.29, 0.717) is 11.3 Å². The molecular weight excluding hydrogens is 273 g/mol. The first-order valence-corrected chi connectivity index (χ1v) is 6.03. The van der Waals surface area contributed by atoms with Crippen LogP contribution in [-0.2, 0) is 11.2 Å². The Hall–Kier alpha value is -1.76. The van der Waals surface area contributed by atoms with Gasteiger partial charge >= 0.3 is 6.18 Å². The molecule has 0 atom stereocenters. The van der Waals surface area contributed by atoms with Crippen molar-refractivity contribution in [2.24, 2.45) is 5.73 Å². The Labute approximate surface area is 115 Å². The number of hydrogen-bond acceptors (Lipinski definition) is 3. The molecule has 0 saturated heterocycles. The Morgan fingerprint density at radius 3 is 2.35 bits per heavy atom.